The molecule has 1 fully saturated rings. The maximum absolute atomic E-state index is 4.29. The molecule has 2 heteroatoms. The van der Waals surface area contributed by atoms with Crippen molar-refractivity contribution in [1.82, 2.24) is 9.97 Å². The Hall–Kier alpha value is -1.70. The minimum Gasteiger partial charge on any atom is -0.255 e. The lowest BCUT2D eigenvalue weighted by atomic mass is 9.78. The van der Waals surface area contributed by atoms with E-state index in [1.807, 2.05) is 43.5 Å². The molecule has 0 N–H and O–H groups in total. The van der Waals surface area contributed by atoms with Crippen molar-refractivity contribution in [2.24, 2.45) is 11.8 Å². The molecule has 0 aromatic carbocycles. The van der Waals surface area contributed by atoms with Gasteiger partial charge in [0.05, 0.1) is 11.4 Å². The fourth-order valence-electron chi connectivity index (χ4n) is 3.42. The van der Waals surface area contributed by atoms with Gasteiger partial charge >= 0.3 is 0 Å². The molecular weight excluding hydrogens is 292 g/mol. The number of pyridine rings is 2. The third-order valence-electron chi connectivity index (χ3n) is 5.06. The molecule has 130 valence electrons. The van der Waals surface area contributed by atoms with Crippen molar-refractivity contribution in [1.29, 1.82) is 0 Å². The van der Waals surface area contributed by atoms with Gasteiger partial charge in [0.2, 0.25) is 0 Å². The zero-order chi connectivity index (χ0) is 17.2. The fourth-order valence-corrected chi connectivity index (χ4v) is 3.42. The molecule has 1 saturated carbocycles. The molecule has 2 aromatic heterocycles. The zero-order valence-electron chi connectivity index (χ0n) is 15.5. The number of aromatic nitrogens is 2. The zero-order valence-corrected chi connectivity index (χ0v) is 15.5. The van der Waals surface area contributed by atoms with E-state index in [9.17, 15) is 0 Å². The summed E-state index contributed by atoms with van der Waals surface area (Å²) in [5.41, 5.74) is 3.01. The first-order valence-electron chi connectivity index (χ1n) is 9.54. The first-order valence-corrected chi connectivity index (χ1v) is 9.54. The molecule has 2 unspecified atom stereocenters. The normalized spacial score (nSPS) is 20.1. The Balaban J connectivity index is 0.000000177. The summed E-state index contributed by atoms with van der Waals surface area (Å²) in [5.74, 6) is 2.10. The summed E-state index contributed by atoms with van der Waals surface area (Å²) >= 11 is 0. The second-order valence-electron chi connectivity index (χ2n) is 7.10. The van der Waals surface area contributed by atoms with Crippen LogP contribution in [0.5, 0.6) is 0 Å². The van der Waals surface area contributed by atoms with E-state index in [0.717, 1.165) is 23.2 Å². The minimum atomic E-state index is 0.919. The van der Waals surface area contributed by atoms with E-state index >= 15 is 0 Å². The topological polar surface area (TPSA) is 25.8 Å². The van der Waals surface area contributed by atoms with Crippen LogP contribution in [0.2, 0.25) is 0 Å². The van der Waals surface area contributed by atoms with Crippen LogP contribution in [-0.4, -0.2) is 9.97 Å². The van der Waals surface area contributed by atoms with Crippen LogP contribution >= 0.6 is 0 Å². The molecule has 0 spiro atoms. The van der Waals surface area contributed by atoms with E-state index in [1.54, 1.807) is 6.20 Å². The molecule has 0 saturated heterocycles. The van der Waals surface area contributed by atoms with Gasteiger partial charge in [0.1, 0.15) is 0 Å². The number of hydrogen-bond acceptors (Lipinski definition) is 2. The van der Waals surface area contributed by atoms with Crippen molar-refractivity contribution >= 4 is 0 Å². The predicted molar refractivity (Wildman–Crippen MR) is 103 cm³/mol. The van der Waals surface area contributed by atoms with E-state index < -0.39 is 0 Å². The summed E-state index contributed by atoms with van der Waals surface area (Å²) in [6, 6.07) is 9.84. The highest BCUT2D eigenvalue weighted by Crippen LogP contribution is 2.32. The number of unbranched alkanes of at least 4 members (excludes halogenated alkanes) is 1. The molecule has 0 bridgehead atoms. The largest absolute Gasteiger partial charge is 0.255 e. The lowest BCUT2D eigenvalue weighted by Gasteiger charge is -2.28. The Labute approximate surface area is 147 Å². The Morgan fingerprint density at radius 3 is 2.42 bits per heavy atom. The molecule has 1 aliphatic rings. The second-order valence-corrected chi connectivity index (χ2v) is 7.10. The van der Waals surface area contributed by atoms with Crippen molar-refractivity contribution in [2.45, 2.75) is 65.7 Å². The molecule has 0 amide bonds. The molecule has 0 aliphatic heterocycles. The van der Waals surface area contributed by atoms with Gasteiger partial charge in [-0.25, -0.2) is 0 Å². The summed E-state index contributed by atoms with van der Waals surface area (Å²) in [6.07, 6.45) is 14.0. The minimum absolute atomic E-state index is 0.919. The lowest BCUT2D eigenvalue weighted by molar-refractivity contribution is 0.237. The van der Waals surface area contributed by atoms with Crippen molar-refractivity contribution in [3.63, 3.8) is 0 Å². The van der Waals surface area contributed by atoms with Gasteiger partial charge in [0.15, 0.2) is 0 Å². The van der Waals surface area contributed by atoms with Gasteiger partial charge < -0.3 is 0 Å². The van der Waals surface area contributed by atoms with Gasteiger partial charge in [-0.2, -0.15) is 0 Å². The van der Waals surface area contributed by atoms with E-state index in [2.05, 4.69) is 23.8 Å². The summed E-state index contributed by atoms with van der Waals surface area (Å²) in [5, 5.41) is 0. The van der Waals surface area contributed by atoms with E-state index in [4.69, 9.17) is 0 Å². The molecule has 2 atom stereocenters. The summed E-state index contributed by atoms with van der Waals surface area (Å²) in [6.45, 7) is 6.77. The number of nitrogens with zero attached hydrogens (tertiary/aromatic N) is 2. The Kier molecular flexibility index (Phi) is 7.94. The van der Waals surface area contributed by atoms with Crippen molar-refractivity contribution in [3.8, 4) is 11.4 Å². The van der Waals surface area contributed by atoms with Crippen molar-refractivity contribution in [2.75, 3.05) is 0 Å². The van der Waals surface area contributed by atoms with Crippen LogP contribution in [0.15, 0.2) is 42.7 Å². The number of hydrogen-bond donors (Lipinski definition) is 0. The Bertz CT molecular complexity index is 562. The smallest absolute Gasteiger partial charge is 0.0886 e. The highest BCUT2D eigenvalue weighted by molar-refractivity contribution is 5.53. The average Bonchev–Trinajstić information content (AvgIpc) is 2.63. The first kappa shape index (κ1) is 18.6. The standard InChI is InChI=1S/C11H10N2.C11H22/c1-9-5-6-11(13-8-9)10-4-2-3-7-12-10;1-3-4-8-11-9-6-5-7-10(11)2/h2-8H,1H3;10-11H,3-9H2,1-2H3. The van der Waals surface area contributed by atoms with Crippen molar-refractivity contribution in [3.05, 3.63) is 48.3 Å². The Morgan fingerprint density at radius 2 is 1.79 bits per heavy atom. The molecule has 0 radical (unpaired) electrons. The van der Waals surface area contributed by atoms with Crippen molar-refractivity contribution < 1.29 is 0 Å². The van der Waals surface area contributed by atoms with Gasteiger partial charge in [-0.05, 0) is 42.5 Å². The molecule has 2 aromatic rings. The summed E-state index contributed by atoms with van der Waals surface area (Å²) in [4.78, 5) is 8.50. The summed E-state index contributed by atoms with van der Waals surface area (Å²) in [7, 11) is 0. The van der Waals surface area contributed by atoms with E-state index in [0.29, 0.717) is 0 Å². The lowest BCUT2D eigenvalue weighted by Crippen LogP contribution is -2.16. The third kappa shape index (κ3) is 6.07. The molecule has 2 heterocycles. The molecular formula is C22H32N2. The predicted octanol–water partition coefficient (Wildman–Crippen LogP) is 6.45. The van der Waals surface area contributed by atoms with E-state index in [1.165, 1.54) is 50.5 Å². The van der Waals surface area contributed by atoms with Crippen LogP contribution < -0.4 is 0 Å². The van der Waals surface area contributed by atoms with Gasteiger partial charge in [-0.3, -0.25) is 9.97 Å². The highest BCUT2D eigenvalue weighted by atomic mass is 14.8. The second kappa shape index (κ2) is 10.2. The van der Waals surface area contributed by atoms with Crippen LogP contribution in [0, 0.1) is 18.8 Å². The maximum Gasteiger partial charge on any atom is 0.0886 e. The average molecular weight is 325 g/mol. The fraction of sp³-hybridized carbons (Fsp3) is 0.545. The van der Waals surface area contributed by atoms with Gasteiger partial charge in [-0.1, -0.05) is 70.9 Å². The number of aryl methyl sites for hydroxylation is 1. The molecule has 24 heavy (non-hydrogen) atoms. The van der Waals surface area contributed by atoms with Gasteiger partial charge in [0.25, 0.3) is 0 Å². The van der Waals surface area contributed by atoms with Crippen LogP contribution in [0.1, 0.15) is 64.4 Å². The SMILES string of the molecule is CCCCC1CCCCC1C.Cc1ccc(-c2ccccn2)nc1. The quantitative estimate of drug-likeness (QED) is 0.645. The number of rotatable bonds is 4. The third-order valence-corrected chi connectivity index (χ3v) is 5.06. The van der Waals surface area contributed by atoms with Gasteiger partial charge in [-0.15, -0.1) is 0 Å². The van der Waals surface area contributed by atoms with Crippen LogP contribution in [0.3, 0.4) is 0 Å². The van der Waals surface area contributed by atoms with Crippen LogP contribution in [0.4, 0.5) is 0 Å². The summed E-state index contributed by atoms with van der Waals surface area (Å²) < 4.78 is 0. The van der Waals surface area contributed by atoms with E-state index in [-0.39, 0.29) is 0 Å². The van der Waals surface area contributed by atoms with Crippen LogP contribution in [0.25, 0.3) is 11.4 Å². The van der Waals surface area contributed by atoms with Gasteiger partial charge in [0, 0.05) is 12.4 Å². The Morgan fingerprint density at radius 1 is 1.00 bits per heavy atom. The van der Waals surface area contributed by atoms with Crippen LogP contribution in [-0.2, 0) is 0 Å². The monoisotopic (exact) mass is 324 g/mol. The highest BCUT2D eigenvalue weighted by Gasteiger charge is 2.19. The molecule has 2 nitrogen and oxygen atoms in total. The molecule has 3 rings (SSSR count). The first-order chi connectivity index (χ1) is 11.7. The maximum atomic E-state index is 4.29. The molecule has 1 aliphatic carbocycles.